The summed E-state index contributed by atoms with van der Waals surface area (Å²) in [6, 6.07) is 13.9. The fraction of sp³-hybridized carbons (Fsp3) is 0.357. The van der Waals surface area contributed by atoms with Crippen LogP contribution in [0, 0.1) is 0 Å². The molecule has 2 unspecified atom stereocenters. The molecule has 0 saturated heterocycles. The average Bonchev–Trinajstić information content (AvgIpc) is 3.74. The summed E-state index contributed by atoms with van der Waals surface area (Å²) in [5.74, 6) is -11.1. The normalized spacial score (nSPS) is 16.4. The lowest BCUT2D eigenvalue weighted by molar-refractivity contribution is -0.359. The van der Waals surface area contributed by atoms with Crippen LogP contribution in [0.2, 0.25) is 0 Å². The fourth-order valence-electron chi connectivity index (χ4n) is 4.19. The number of benzene rings is 3. The zero-order chi connectivity index (χ0) is 30.2. The van der Waals surface area contributed by atoms with Gasteiger partial charge in [0.15, 0.2) is 6.10 Å². The molecule has 41 heavy (non-hydrogen) atoms. The van der Waals surface area contributed by atoms with Crippen LogP contribution >= 0.6 is 0 Å². The third-order valence-corrected chi connectivity index (χ3v) is 6.56. The summed E-state index contributed by atoms with van der Waals surface area (Å²) in [7, 11) is 0. The van der Waals surface area contributed by atoms with Crippen molar-refractivity contribution >= 4 is 0 Å². The number of ether oxygens (including phenoxy) is 1. The zero-order valence-corrected chi connectivity index (χ0v) is 20.9. The maximum Gasteiger partial charge on any atom is 0.460 e. The molecular weight excluding hydrogens is 572 g/mol. The third-order valence-electron chi connectivity index (χ3n) is 6.56. The summed E-state index contributed by atoms with van der Waals surface area (Å²) in [5.41, 5.74) is -0.918. The Kier molecular flexibility index (Phi) is 8.34. The van der Waals surface area contributed by atoms with E-state index < -0.39 is 48.5 Å². The first-order valence-electron chi connectivity index (χ1n) is 12.3. The smallest absolute Gasteiger partial charge is 0.457 e. The first-order valence-corrected chi connectivity index (χ1v) is 12.3. The number of halogens is 10. The number of rotatable bonds is 10. The van der Waals surface area contributed by atoms with E-state index >= 15 is 0 Å². The molecule has 0 bridgehead atoms. The highest BCUT2D eigenvalue weighted by Gasteiger charge is 2.73. The van der Waals surface area contributed by atoms with Crippen LogP contribution in [-0.2, 0) is 5.92 Å². The Balaban J connectivity index is 1.69. The van der Waals surface area contributed by atoms with E-state index in [9.17, 15) is 49.0 Å². The summed E-state index contributed by atoms with van der Waals surface area (Å²) in [6.07, 6.45) is -12.5. The molecule has 0 spiro atoms. The summed E-state index contributed by atoms with van der Waals surface area (Å²) in [4.78, 5) is 0. The Morgan fingerprint density at radius 1 is 0.756 bits per heavy atom. The lowest BCUT2D eigenvalue weighted by atomic mass is 9.93. The quantitative estimate of drug-likeness (QED) is 0.232. The molecule has 0 aliphatic heterocycles. The number of alkyl halides is 10. The highest BCUT2D eigenvalue weighted by Crippen LogP contribution is 2.52. The molecule has 4 rings (SSSR count). The fourth-order valence-corrected chi connectivity index (χ4v) is 4.19. The van der Waals surface area contributed by atoms with E-state index in [-0.39, 0.29) is 16.9 Å². The number of aliphatic hydroxyl groups is 1. The Morgan fingerprint density at radius 2 is 1.32 bits per heavy atom. The molecule has 0 radical (unpaired) electrons. The van der Waals surface area contributed by atoms with Gasteiger partial charge in [0.1, 0.15) is 11.5 Å². The molecule has 3 aromatic rings. The first kappa shape index (κ1) is 30.6. The Morgan fingerprint density at radius 3 is 1.90 bits per heavy atom. The van der Waals surface area contributed by atoms with Gasteiger partial charge in [-0.3, -0.25) is 0 Å². The second kappa shape index (κ2) is 11.2. The molecule has 0 heterocycles. The van der Waals surface area contributed by atoms with Crippen molar-refractivity contribution in [2.75, 3.05) is 6.54 Å². The molecule has 1 aliphatic carbocycles. The van der Waals surface area contributed by atoms with Crippen LogP contribution < -0.4 is 10.1 Å². The van der Waals surface area contributed by atoms with Crippen molar-refractivity contribution in [2.24, 2.45) is 0 Å². The van der Waals surface area contributed by atoms with E-state index in [1.54, 1.807) is 12.1 Å². The van der Waals surface area contributed by atoms with Crippen molar-refractivity contribution in [3.63, 3.8) is 0 Å². The van der Waals surface area contributed by atoms with Gasteiger partial charge in [-0.05, 0) is 65.8 Å². The standard InChI is InChI=1S/C28H23F10NO2/c29-25(30,27(34,35)28(36,37)38)20-7-1-5-18(12-20)24(39-15-23(40)26(31,32)33)19-6-3-9-22(14-19)41-21-8-2-4-17(13-21)16-10-11-16/h1-9,12-14,16,23-24,39-40H,10-11,15H2. The maximum absolute atomic E-state index is 14.4. The van der Waals surface area contributed by atoms with E-state index in [2.05, 4.69) is 5.32 Å². The monoisotopic (exact) mass is 595 g/mol. The second-order valence-corrected chi connectivity index (χ2v) is 9.69. The van der Waals surface area contributed by atoms with Gasteiger partial charge in [0.05, 0.1) is 6.04 Å². The van der Waals surface area contributed by atoms with Crippen molar-refractivity contribution in [3.05, 3.63) is 95.1 Å². The molecule has 0 aromatic heterocycles. The minimum absolute atomic E-state index is 0.0956. The lowest BCUT2D eigenvalue weighted by Gasteiger charge is -2.29. The topological polar surface area (TPSA) is 41.5 Å². The second-order valence-electron chi connectivity index (χ2n) is 9.69. The third kappa shape index (κ3) is 6.78. The SMILES string of the molecule is OC(CNC(c1cccc(Oc2cccc(C3CC3)c2)c1)c1cccc(C(F)(F)C(F)(F)C(F)(F)F)c1)C(F)(F)F. The van der Waals surface area contributed by atoms with Gasteiger partial charge in [0.25, 0.3) is 0 Å². The van der Waals surface area contributed by atoms with E-state index in [0.717, 1.165) is 30.5 Å². The molecule has 13 heteroatoms. The van der Waals surface area contributed by atoms with Crippen molar-refractivity contribution in [1.82, 2.24) is 5.32 Å². The molecule has 0 amide bonds. The molecule has 2 atom stereocenters. The Bertz CT molecular complexity index is 1350. The molecule has 222 valence electrons. The number of hydrogen-bond donors (Lipinski definition) is 2. The van der Waals surface area contributed by atoms with Gasteiger partial charge in [0.2, 0.25) is 0 Å². The van der Waals surface area contributed by atoms with Gasteiger partial charge in [-0.2, -0.15) is 43.9 Å². The van der Waals surface area contributed by atoms with Gasteiger partial charge in [-0.1, -0.05) is 42.5 Å². The average molecular weight is 595 g/mol. The largest absolute Gasteiger partial charge is 0.460 e. The first-order chi connectivity index (χ1) is 19.0. The van der Waals surface area contributed by atoms with Crippen LogP contribution in [0.4, 0.5) is 43.9 Å². The van der Waals surface area contributed by atoms with Gasteiger partial charge < -0.3 is 15.2 Å². The molecule has 2 N–H and O–H groups in total. The number of nitrogens with one attached hydrogen (secondary N) is 1. The van der Waals surface area contributed by atoms with Crippen LogP contribution in [0.1, 0.15) is 47.1 Å². The summed E-state index contributed by atoms with van der Waals surface area (Å²) < 4.78 is 139. The van der Waals surface area contributed by atoms with E-state index in [1.807, 2.05) is 12.1 Å². The molecule has 1 fully saturated rings. The van der Waals surface area contributed by atoms with Crippen molar-refractivity contribution in [3.8, 4) is 11.5 Å². The van der Waals surface area contributed by atoms with Crippen LogP contribution in [-0.4, -0.2) is 36.0 Å². The van der Waals surface area contributed by atoms with Crippen LogP contribution in [0.25, 0.3) is 0 Å². The predicted molar refractivity (Wildman–Crippen MR) is 128 cm³/mol. The van der Waals surface area contributed by atoms with E-state index in [4.69, 9.17) is 4.74 Å². The van der Waals surface area contributed by atoms with Crippen molar-refractivity contribution < 1.29 is 53.7 Å². The molecule has 3 nitrogen and oxygen atoms in total. The molecule has 3 aromatic carbocycles. The predicted octanol–water partition coefficient (Wildman–Crippen LogP) is 8.25. The van der Waals surface area contributed by atoms with Crippen LogP contribution in [0.15, 0.2) is 72.8 Å². The van der Waals surface area contributed by atoms with Crippen molar-refractivity contribution in [1.29, 1.82) is 0 Å². The lowest BCUT2D eigenvalue weighted by Crippen LogP contribution is -2.50. The highest BCUT2D eigenvalue weighted by molar-refractivity contribution is 5.42. The van der Waals surface area contributed by atoms with Crippen LogP contribution in [0.3, 0.4) is 0 Å². The minimum atomic E-state index is -6.58. The van der Waals surface area contributed by atoms with Gasteiger partial charge in [-0.15, -0.1) is 0 Å². The maximum atomic E-state index is 14.4. The summed E-state index contributed by atoms with van der Waals surface area (Å²) in [6.45, 7) is -1.15. The Labute approximate surface area is 227 Å². The van der Waals surface area contributed by atoms with E-state index in [1.165, 1.54) is 24.3 Å². The van der Waals surface area contributed by atoms with Crippen LogP contribution in [0.5, 0.6) is 11.5 Å². The molecule has 1 saturated carbocycles. The van der Waals surface area contributed by atoms with Gasteiger partial charge >= 0.3 is 24.2 Å². The number of aliphatic hydroxyl groups excluding tert-OH is 1. The van der Waals surface area contributed by atoms with E-state index in [0.29, 0.717) is 23.8 Å². The van der Waals surface area contributed by atoms with Gasteiger partial charge in [-0.25, -0.2) is 0 Å². The zero-order valence-electron chi connectivity index (χ0n) is 20.9. The summed E-state index contributed by atoms with van der Waals surface area (Å²) in [5, 5.41) is 11.8. The molecule has 1 aliphatic rings. The molecular formula is C28H23F10NO2. The minimum Gasteiger partial charge on any atom is -0.457 e. The van der Waals surface area contributed by atoms with Crippen molar-refractivity contribution in [2.45, 2.75) is 55.1 Å². The highest BCUT2D eigenvalue weighted by atomic mass is 19.4. The van der Waals surface area contributed by atoms with Gasteiger partial charge in [0, 0.05) is 12.1 Å². The summed E-state index contributed by atoms with van der Waals surface area (Å²) >= 11 is 0. The Hall–Kier alpha value is -3.32. The number of hydrogen-bond acceptors (Lipinski definition) is 3.